The normalized spacial score (nSPS) is 25.4. The van der Waals surface area contributed by atoms with Crippen molar-refractivity contribution < 1.29 is 4.74 Å². The second kappa shape index (κ2) is 4.40. The van der Waals surface area contributed by atoms with Crippen molar-refractivity contribution in [1.29, 1.82) is 0 Å². The molecule has 1 aliphatic heterocycles. The van der Waals surface area contributed by atoms with Gasteiger partial charge in [-0.3, -0.25) is 4.90 Å². The van der Waals surface area contributed by atoms with E-state index in [1.807, 2.05) is 7.05 Å². The lowest BCUT2D eigenvalue weighted by Crippen LogP contribution is -2.47. The van der Waals surface area contributed by atoms with E-state index in [0.717, 1.165) is 13.1 Å². The summed E-state index contributed by atoms with van der Waals surface area (Å²) in [5.74, 6) is 0. The molecule has 0 aromatic rings. The van der Waals surface area contributed by atoms with Crippen LogP contribution < -0.4 is 5.32 Å². The van der Waals surface area contributed by atoms with Crippen LogP contribution in [0.4, 0.5) is 0 Å². The average molecular weight is 186 g/mol. The van der Waals surface area contributed by atoms with E-state index in [1.165, 1.54) is 13.0 Å². The molecule has 0 aromatic heterocycles. The lowest BCUT2D eigenvalue weighted by atomic mass is 10.1. The monoisotopic (exact) mass is 186 g/mol. The maximum absolute atomic E-state index is 5.33. The van der Waals surface area contributed by atoms with Crippen LogP contribution in [0, 0.1) is 0 Å². The maximum Gasteiger partial charge on any atom is 0.0710 e. The molecule has 1 N–H and O–H groups in total. The quantitative estimate of drug-likeness (QED) is 0.699. The Labute approximate surface area is 81.4 Å². The van der Waals surface area contributed by atoms with Gasteiger partial charge in [-0.15, -0.1) is 0 Å². The summed E-state index contributed by atoms with van der Waals surface area (Å²) in [6.45, 7) is 7.81. The van der Waals surface area contributed by atoms with Crippen molar-refractivity contribution in [1.82, 2.24) is 10.2 Å². The lowest BCUT2D eigenvalue weighted by Gasteiger charge is -2.29. The first-order chi connectivity index (χ1) is 6.07. The molecule has 0 spiro atoms. The molecule has 0 aliphatic carbocycles. The zero-order valence-corrected chi connectivity index (χ0v) is 9.26. The molecule has 0 saturated carbocycles. The van der Waals surface area contributed by atoms with Crippen molar-refractivity contribution in [3.05, 3.63) is 0 Å². The predicted octanol–water partition coefficient (Wildman–Crippen LogP) is 0.705. The van der Waals surface area contributed by atoms with Gasteiger partial charge in [0, 0.05) is 32.3 Å². The van der Waals surface area contributed by atoms with Crippen LogP contribution in [0.3, 0.4) is 0 Å². The second-order valence-corrected chi connectivity index (χ2v) is 4.52. The molecule has 3 nitrogen and oxygen atoms in total. The standard InChI is InChI=1S/C10H22N2O/c1-10(2,11-3)8-12-6-5-9(7-12)13-4/h9,11H,5-8H2,1-4H3. The van der Waals surface area contributed by atoms with E-state index in [-0.39, 0.29) is 5.54 Å². The van der Waals surface area contributed by atoms with E-state index in [4.69, 9.17) is 4.74 Å². The summed E-state index contributed by atoms with van der Waals surface area (Å²) < 4.78 is 5.33. The maximum atomic E-state index is 5.33. The zero-order chi connectivity index (χ0) is 9.90. The molecule has 1 saturated heterocycles. The van der Waals surface area contributed by atoms with Crippen LogP contribution >= 0.6 is 0 Å². The molecule has 0 radical (unpaired) electrons. The van der Waals surface area contributed by atoms with Crippen molar-refractivity contribution in [2.45, 2.75) is 31.9 Å². The third kappa shape index (κ3) is 3.25. The second-order valence-electron chi connectivity index (χ2n) is 4.52. The van der Waals surface area contributed by atoms with Crippen LogP contribution in [0.1, 0.15) is 20.3 Å². The summed E-state index contributed by atoms with van der Waals surface area (Å²) >= 11 is 0. The minimum absolute atomic E-state index is 0.211. The van der Waals surface area contributed by atoms with Gasteiger partial charge < -0.3 is 10.1 Å². The highest BCUT2D eigenvalue weighted by Gasteiger charge is 2.26. The van der Waals surface area contributed by atoms with Crippen molar-refractivity contribution in [2.24, 2.45) is 0 Å². The lowest BCUT2D eigenvalue weighted by molar-refractivity contribution is 0.104. The molecule has 1 unspecified atom stereocenters. The Morgan fingerprint density at radius 1 is 1.54 bits per heavy atom. The molecule has 1 heterocycles. The van der Waals surface area contributed by atoms with Crippen molar-refractivity contribution >= 4 is 0 Å². The smallest absolute Gasteiger partial charge is 0.0710 e. The summed E-state index contributed by atoms with van der Waals surface area (Å²) in [5, 5.41) is 3.32. The Bertz CT molecular complexity index is 159. The van der Waals surface area contributed by atoms with Gasteiger partial charge in [0.1, 0.15) is 0 Å². The molecular weight excluding hydrogens is 164 g/mol. The van der Waals surface area contributed by atoms with Crippen LogP contribution in [0.15, 0.2) is 0 Å². The number of hydrogen-bond acceptors (Lipinski definition) is 3. The Morgan fingerprint density at radius 3 is 2.69 bits per heavy atom. The molecule has 0 aromatic carbocycles. The molecule has 0 amide bonds. The summed E-state index contributed by atoms with van der Waals surface area (Å²) in [4.78, 5) is 2.46. The number of hydrogen-bond donors (Lipinski definition) is 1. The minimum Gasteiger partial charge on any atom is -0.380 e. The van der Waals surface area contributed by atoms with Crippen LogP contribution in [-0.2, 0) is 4.74 Å². The van der Waals surface area contributed by atoms with Gasteiger partial charge >= 0.3 is 0 Å². The molecule has 3 heteroatoms. The third-order valence-corrected chi connectivity index (χ3v) is 2.86. The summed E-state index contributed by atoms with van der Waals surface area (Å²) in [6, 6.07) is 0. The molecule has 1 rings (SSSR count). The number of nitrogens with one attached hydrogen (secondary N) is 1. The number of nitrogens with zero attached hydrogens (tertiary/aromatic N) is 1. The van der Waals surface area contributed by atoms with Gasteiger partial charge in [-0.1, -0.05) is 0 Å². The number of methoxy groups -OCH3 is 1. The molecule has 0 bridgehead atoms. The number of rotatable bonds is 4. The van der Waals surface area contributed by atoms with E-state index >= 15 is 0 Å². The molecule has 1 atom stereocenters. The molecule has 1 aliphatic rings. The molecule has 78 valence electrons. The zero-order valence-electron chi connectivity index (χ0n) is 9.26. The average Bonchev–Trinajstić information content (AvgIpc) is 2.52. The Kier molecular flexibility index (Phi) is 3.71. The van der Waals surface area contributed by atoms with E-state index < -0.39 is 0 Å². The number of ether oxygens (including phenoxy) is 1. The van der Waals surface area contributed by atoms with Gasteiger partial charge in [0.15, 0.2) is 0 Å². The fraction of sp³-hybridized carbons (Fsp3) is 1.00. The first-order valence-corrected chi connectivity index (χ1v) is 5.01. The van der Waals surface area contributed by atoms with Gasteiger partial charge in [0.05, 0.1) is 6.10 Å². The Balaban J connectivity index is 2.31. The van der Waals surface area contributed by atoms with E-state index in [1.54, 1.807) is 7.11 Å². The van der Waals surface area contributed by atoms with E-state index in [0.29, 0.717) is 6.10 Å². The van der Waals surface area contributed by atoms with Crippen molar-refractivity contribution in [3.8, 4) is 0 Å². The van der Waals surface area contributed by atoms with E-state index in [9.17, 15) is 0 Å². The molecule has 13 heavy (non-hydrogen) atoms. The van der Waals surface area contributed by atoms with E-state index in [2.05, 4.69) is 24.1 Å². The Morgan fingerprint density at radius 2 is 2.23 bits per heavy atom. The fourth-order valence-electron chi connectivity index (χ4n) is 1.77. The summed E-state index contributed by atoms with van der Waals surface area (Å²) in [6.07, 6.45) is 1.63. The first kappa shape index (κ1) is 11.0. The van der Waals surface area contributed by atoms with Gasteiger partial charge in [-0.2, -0.15) is 0 Å². The van der Waals surface area contributed by atoms with Crippen molar-refractivity contribution in [3.63, 3.8) is 0 Å². The fourth-order valence-corrected chi connectivity index (χ4v) is 1.77. The summed E-state index contributed by atoms with van der Waals surface area (Å²) in [7, 11) is 3.82. The van der Waals surface area contributed by atoms with Crippen molar-refractivity contribution in [2.75, 3.05) is 33.8 Å². The largest absolute Gasteiger partial charge is 0.380 e. The molecule has 1 fully saturated rings. The Hall–Kier alpha value is -0.120. The highest BCUT2D eigenvalue weighted by Crippen LogP contribution is 2.14. The van der Waals surface area contributed by atoms with Gasteiger partial charge in [-0.05, 0) is 27.3 Å². The summed E-state index contributed by atoms with van der Waals surface area (Å²) in [5.41, 5.74) is 0.211. The number of likely N-dealkylation sites (N-methyl/N-ethyl adjacent to an activating group) is 1. The molecular formula is C10H22N2O. The van der Waals surface area contributed by atoms with Gasteiger partial charge in [0.25, 0.3) is 0 Å². The first-order valence-electron chi connectivity index (χ1n) is 5.01. The van der Waals surface area contributed by atoms with Crippen LogP contribution in [0.5, 0.6) is 0 Å². The van der Waals surface area contributed by atoms with Crippen LogP contribution in [0.25, 0.3) is 0 Å². The van der Waals surface area contributed by atoms with Crippen LogP contribution in [-0.4, -0.2) is 50.3 Å². The third-order valence-electron chi connectivity index (χ3n) is 2.86. The van der Waals surface area contributed by atoms with Gasteiger partial charge in [-0.25, -0.2) is 0 Å². The van der Waals surface area contributed by atoms with Gasteiger partial charge in [0.2, 0.25) is 0 Å². The predicted molar refractivity (Wildman–Crippen MR) is 55.0 cm³/mol. The SMILES string of the molecule is CNC(C)(C)CN1CCC(OC)C1. The minimum atomic E-state index is 0.211. The van der Waals surface area contributed by atoms with Crippen LogP contribution in [0.2, 0.25) is 0 Å². The highest BCUT2D eigenvalue weighted by atomic mass is 16.5. The number of likely N-dealkylation sites (tertiary alicyclic amines) is 1. The topological polar surface area (TPSA) is 24.5 Å². The highest BCUT2D eigenvalue weighted by molar-refractivity contribution is 4.84.